The zero-order valence-corrected chi connectivity index (χ0v) is 11.3. The number of hydrogen-bond acceptors (Lipinski definition) is 5. The van der Waals surface area contributed by atoms with E-state index < -0.39 is 5.97 Å². The zero-order valence-electron chi connectivity index (χ0n) is 11.3. The van der Waals surface area contributed by atoms with E-state index in [1.807, 2.05) is 4.90 Å². The standard InChI is InChI=1S/C11H18N6O3/c1-15-10(12-8-13-15)14-11(20)17-6-4-16(5-7-17)3-2-9(18)19/h8H,2-7H2,1H3,(H,18,19)(H,12,13,14,20). The van der Waals surface area contributed by atoms with Gasteiger partial charge in [-0.15, -0.1) is 0 Å². The summed E-state index contributed by atoms with van der Waals surface area (Å²) in [6.07, 6.45) is 1.50. The molecule has 20 heavy (non-hydrogen) atoms. The van der Waals surface area contributed by atoms with Gasteiger partial charge < -0.3 is 10.0 Å². The lowest BCUT2D eigenvalue weighted by Gasteiger charge is -2.34. The zero-order chi connectivity index (χ0) is 14.5. The largest absolute Gasteiger partial charge is 0.481 e. The highest BCUT2D eigenvalue weighted by atomic mass is 16.4. The summed E-state index contributed by atoms with van der Waals surface area (Å²) in [5, 5.41) is 15.2. The first-order valence-electron chi connectivity index (χ1n) is 6.40. The summed E-state index contributed by atoms with van der Waals surface area (Å²) in [5.41, 5.74) is 0. The molecule has 1 aliphatic rings. The lowest BCUT2D eigenvalue weighted by atomic mass is 10.3. The SMILES string of the molecule is Cn1ncnc1NC(=O)N1CCN(CCC(=O)O)CC1. The third-order valence-corrected chi connectivity index (χ3v) is 3.23. The van der Waals surface area contributed by atoms with Gasteiger partial charge in [-0.25, -0.2) is 9.48 Å². The van der Waals surface area contributed by atoms with Crippen molar-refractivity contribution in [1.29, 1.82) is 0 Å². The minimum atomic E-state index is -0.799. The molecule has 2 amide bonds. The van der Waals surface area contributed by atoms with Crippen LogP contribution in [0.25, 0.3) is 0 Å². The fourth-order valence-corrected chi connectivity index (χ4v) is 2.01. The van der Waals surface area contributed by atoms with E-state index in [1.54, 1.807) is 11.9 Å². The van der Waals surface area contributed by atoms with Crippen LogP contribution in [0, 0.1) is 0 Å². The summed E-state index contributed by atoms with van der Waals surface area (Å²) in [6.45, 7) is 3.03. The van der Waals surface area contributed by atoms with Crippen LogP contribution in [0.4, 0.5) is 10.7 Å². The Bertz CT molecular complexity index is 480. The van der Waals surface area contributed by atoms with Crippen molar-refractivity contribution in [2.75, 3.05) is 38.0 Å². The Morgan fingerprint density at radius 2 is 2.05 bits per heavy atom. The van der Waals surface area contributed by atoms with Crippen molar-refractivity contribution in [2.45, 2.75) is 6.42 Å². The van der Waals surface area contributed by atoms with E-state index >= 15 is 0 Å². The number of amides is 2. The number of aromatic nitrogens is 3. The number of nitrogens with zero attached hydrogens (tertiary/aromatic N) is 5. The Labute approximate surface area is 116 Å². The third kappa shape index (κ3) is 3.67. The average Bonchev–Trinajstić information content (AvgIpc) is 2.82. The topological polar surface area (TPSA) is 104 Å². The van der Waals surface area contributed by atoms with Gasteiger partial charge in [-0.2, -0.15) is 10.1 Å². The van der Waals surface area contributed by atoms with Crippen molar-refractivity contribution in [1.82, 2.24) is 24.6 Å². The van der Waals surface area contributed by atoms with Crippen LogP contribution in [0.15, 0.2) is 6.33 Å². The molecule has 9 nitrogen and oxygen atoms in total. The van der Waals surface area contributed by atoms with Gasteiger partial charge in [0, 0.05) is 39.8 Å². The Kier molecular flexibility index (Phi) is 4.51. The number of urea groups is 1. The molecule has 0 atom stereocenters. The molecule has 1 saturated heterocycles. The van der Waals surface area contributed by atoms with E-state index in [-0.39, 0.29) is 12.5 Å². The molecule has 110 valence electrons. The lowest BCUT2D eigenvalue weighted by Crippen LogP contribution is -2.50. The Morgan fingerprint density at radius 3 is 2.60 bits per heavy atom. The first kappa shape index (κ1) is 14.3. The number of carboxylic acids is 1. The van der Waals surface area contributed by atoms with Gasteiger partial charge >= 0.3 is 12.0 Å². The molecule has 0 bridgehead atoms. The summed E-state index contributed by atoms with van der Waals surface area (Å²) in [5.74, 6) is -0.393. The predicted octanol–water partition coefficient (Wildman–Crippen LogP) is -0.561. The van der Waals surface area contributed by atoms with Gasteiger partial charge in [0.2, 0.25) is 5.95 Å². The van der Waals surface area contributed by atoms with Gasteiger partial charge in [0.05, 0.1) is 6.42 Å². The van der Waals surface area contributed by atoms with E-state index in [0.29, 0.717) is 38.7 Å². The summed E-state index contributed by atoms with van der Waals surface area (Å²) in [6, 6.07) is -0.209. The number of carbonyl (C=O) groups excluding carboxylic acids is 1. The van der Waals surface area contributed by atoms with Gasteiger partial charge in [0.15, 0.2) is 0 Å². The molecule has 2 rings (SSSR count). The highest BCUT2D eigenvalue weighted by molar-refractivity contribution is 5.87. The van der Waals surface area contributed by atoms with Gasteiger partial charge in [-0.1, -0.05) is 0 Å². The molecule has 1 aromatic heterocycles. The van der Waals surface area contributed by atoms with Crippen LogP contribution in [0.5, 0.6) is 0 Å². The molecule has 1 aliphatic heterocycles. The number of hydrogen-bond donors (Lipinski definition) is 2. The van der Waals surface area contributed by atoms with E-state index in [4.69, 9.17) is 5.11 Å². The number of nitrogens with one attached hydrogen (secondary N) is 1. The summed E-state index contributed by atoms with van der Waals surface area (Å²) in [4.78, 5) is 30.2. The van der Waals surface area contributed by atoms with Crippen LogP contribution < -0.4 is 5.32 Å². The van der Waals surface area contributed by atoms with E-state index in [0.717, 1.165) is 0 Å². The number of anilines is 1. The number of carbonyl (C=O) groups is 2. The van der Waals surface area contributed by atoms with Crippen LogP contribution >= 0.6 is 0 Å². The second kappa shape index (κ2) is 6.33. The first-order valence-corrected chi connectivity index (χ1v) is 6.40. The Morgan fingerprint density at radius 1 is 1.35 bits per heavy atom. The fraction of sp³-hybridized carbons (Fsp3) is 0.636. The van der Waals surface area contributed by atoms with Crippen LogP contribution in [0.2, 0.25) is 0 Å². The normalized spacial score (nSPS) is 16.1. The summed E-state index contributed by atoms with van der Waals surface area (Å²) >= 11 is 0. The predicted molar refractivity (Wildman–Crippen MR) is 70.3 cm³/mol. The van der Waals surface area contributed by atoms with Crippen molar-refractivity contribution in [3.8, 4) is 0 Å². The highest BCUT2D eigenvalue weighted by Gasteiger charge is 2.22. The minimum absolute atomic E-state index is 0.130. The lowest BCUT2D eigenvalue weighted by molar-refractivity contribution is -0.137. The third-order valence-electron chi connectivity index (χ3n) is 3.23. The fourth-order valence-electron chi connectivity index (χ4n) is 2.01. The molecule has 0 unspecified atom stereocenters. The molecule has 9 heteroatoms. The highest BCUT2D eigenvalue weighted by Crippen LogP contribution is 2.06. The van der Waals surface area contributed by atoms with Crippen molar-refractivity contribution in [2.24, 2.45) is 7.05 Å². The maximum absolute atomic E-state index is 12.0. The molecule has 2 N–H and O–H groups in total. The Hall–Kier alpha value is -2.16. The number of aliphatic carboxylic acids is 1. The van der Waals surface area contributed by atoms with Crippen LogP contribution in [0.3, 0.4) is 0 Å². The monoisotopic (exact) mass is 282 g/mol. The van der Waals surface area contributed by atoms with Crippen molar-refractivity contribution in [3.63, 3.8) is 0 Å². The van der Waals surface area contributed by atoms with E-state index in [1.165, 1.54) is 11.0 Å². The minimum Gasteiger partial charge on any atom is -0.481 e. The van der Waals surface area contributed by atoms with Crippen LogP contribution in [0.1, 0.15) is 6.42 Å². The molecule has 1 fully saturated rings. The van der Waals surface area contributed by atoms with Crippen LogP contribution in [-0.2, 0) is 11.8 Å². The van der Waals surface area contributed by atoms with Gasteiger partial charge in [-0.05, 0) is 0 Å². The van der Waals surface area contributed by atoms with Crippen molar-refractivity contribution < 1.29 is 14.7 Å². The number of aryl methyl sites for hydroxylation is 1. The molecule has 2 heterocycles. The van der Waals surface area contributed by atoms with Crippen molar-refractivity contribution in [3.05, 3.63) is 6.33 Å². The van der Waals surface area contributed by atoms with Gasteiger partial charge in [-0.3, -0.25) is 15.0 Å². The first-order chi connectivity index (χ1) is 9.56. The molecule has 0 spiro atoms. The van der Waals surface area contributed by atoms with E-state index in [9.17, 15) is 9.59 Å². The molecule has 1 aromatic rings. The summed E-state index contributed by atoms with van der Waals surface area (Å²) in [7, 11) is 1.70. The molecule has 0 saturated carbocycles. The number of carboxylic acid groups (broad SMARTS) is 1. The van der Waals surface area contributed by atoms with Gasteiger partial charge in [0.1, 0.15) is 6.33 Å². The van der Waals surface area contributed by atoms with E-state index in [2.05, 4.69) is 15.4 Å². The molecule has 0 aliphatic carbocycles. The average molecular weight is 282 g/mol. The van der Waals surface area contributed by atoms with Crippen molar-refractivity contribution >= 4 is 17.9 Å². The number of rotatable bonds is 4. The molecular weight excluding hydrogens is 264 g/mol. The summed E-state index contributed by atoms with van der Waals surface area (Å²) < 4.78 is 1.49. The molecular formula is C11H18N6O3. The second-order valence-electron chi connectivity index (χ2n) is 4.61. The smallest absolute Gasteiger partial charge is 0.324 e. The van der Waals surface area contributed by atoms with Crippen LogP contribution in [-0.4, -0.2) is 74.4 Å². The second-order valence-corrected chi connectivity index (χ2v) is 4.61. The number of piperazine rings is 1. The maximum atomic E-state index is 12.0. The Balaban J connectivity index is 1.77. The molecule has 0 aromatic carbocycles. The quantitative estimate of drug-likeness (QED) is 0.767. The maximum Gasteiger partial charge on any atom is 0.324 e. The molecule has 0 radical (unpaired) electrons. The van der Waals surface area contributed by atoms with Gasteiger partial charge in [0.25, 0.3) is 0 Å².